The molecule has 0 heterocycles. The lowest BCUT2D eigenvalue weighted by Gasteiger charge is -2.23. The Hall–Kier alpha value is -0.990. The minimum absolute atomic E-state index is 0.313. The van der Waals surface area contributed by atoms with Gasteiger partial charge in [-0.3, -0.25) is 0 Å². The molecule has 8 heteroatoms. The standard InChI is InChI=1S/C18H16Cl3O3PS/c1-14(2)13-17(26(23,24)18(19,20)21)25(22,15-9-5-3-6-10-15)16-11-7-4-8-12-16/h3-12H,1-2H3. The first-order chi connectivity index (χ1) is 12.0. The van der Waals surface area contributed by atoms with Gasteiger partial charge in [-0.05, 0) is 19.4 Å². The number of benzene rings is 2. The Morgan fingerprint density at radius 1 is 0.885 bits per heavy atom. The maximum absolute atomic E-state index is 14.3. The highest BCUT2D eigenvalue weighted by molar-refractivity contribution is 8.11. The molecule has 0 spiro atoms. The van der Waals surface area contributed by atoms with Crippen LogP contribution in [0.25, 0.3) is 0 Å². The molecular formula is C18H16Cl3O3PS. The Morgan fingerprint density at radius 2 is 1.27 bits per heavy atom. The van der Waals surface area contributed by atoms with Crippen molar-refractivity contribution >= 4 is 62.4 Å². The van der Waals surface area contributed by atoms with Gasteiger partial charge in [0.15, 0.2) is 11.8 Å². The summed E-state index contributed by atoms with van der Waals surface area (Å²) >= 11 is 17.2. The van der Waals surface area contributed by atoms with E-state index in [1.54, 1.807) is 74.5 Å². The van der Waals surface area contributed by atoms with Crippen LogP contribution in [0.2, 0.25) is 0 Å². The van der Waals surface area contributed by atoms with E-state index in [4.69, 9.17) is 34.8 Å². The fraction of sp³-hybridized carbons (Fsp3) is 0.167. The van der Waals surface area contributed by atoms with E-state index in [1.165, 1.54) is 0 Å². The maximum Gasteiger partial charge on any atom is 0.297 e. The topological polar surface area (TPSA) is 51.2 Å². The molecule has 0 atom stereocenters. The molecule has 0 aliphatic carbocycles. The van der Waals surface area contributed by atoms with Gasteiger partial charge >= 0.3 is 0 Å². The summed E-state index contributed by atoms with van der Waals surface area (Å²) in [6.07, 6.45) is 0. The minimum Gasteiger partial charge on any atom is -0.307 e. The summed E-state index contributed by atoms with van der Waals surface area (Å²) in [6, 6.07) is 16.5. The number of rotatable bonds is 4. The molecule has 0 fully saturated rings. The van der Waals surface area contributed by atoms with Crippen LogP contribution in [0, 0.1) is 0 Å². The molecule has 2 aromatic rings. The van der Waals surface area contributed by atoms with Gasteiger partial charge in [0.25, 0.3) is 3.12 Å². The van der Waals surface area contributed by atoms with Crippen molar-refractivity contribution < 1.29 is 13.0 Å². The van der Waals surface area contributed by atoms with Crippen molar-refractivity contribution in [3.63, 3.8) is 0 Å². The molecule has 0 saturated heterocycles. The lowest BCUT2D eigenvalue weighted by molar-refractivity contribution is 0.588. The summed E-state index contributed by atoms with van der Waals surface area (Å²) in [4.78, 5) is 0. The van der Waals surface area contributed by atoms with E-state index in [0.29, 0.717) is 16.2 Å². The van der Waals surface area contributed by atoms with Gasteiger partial charge in [-0.1, -0.05) is 101 Å². The largest absolute Gasteiger partial charge is 0.307 e. The average Bonchev–Trinajstić information content (AvgIpc) is 2.59. The number of hydrogen-bond donors (Lipinski definition) is 0. The normalized spacial score (nSPS) is 12.3. The van der Waals surface area contributed by atoms with Crippen LogP contribution in [0.5, 0.6) is 0 Å². The van der Waals surface area contributed by atoms with Crippen LogP contribution in [-0.4, -0.2) is 11.5 Å². The van der Waals surface area contributed by atoms with Gasteiger partial charge in [-0.2, -0.15) is 0 Å². The SMILES string of the molecule is CC(C)=C=C(P(=O)(c1ccccc1)c1ccccc1)S(=O)(=O)C(Cl)(Cl)Cl. The monoisotopic (exact) mass is 448 g/mol. The predicted octanol–water partition coefficient (Wildman–Crippen LogP) is 5.15. The molecule has 0 radical (unpaired) electrons. The van der Waals surface area contributed by atoms with Gasteiger partial charge in [0.2, 0.25) is 9.84 Å². The molecule has 2 rings (SSSR count). The highest BCUT2D eigenvalue weighted by Gasteiger charge is 2.49. The third-order valence-corrected chi connectivity index (χ3v) is 10.7. The van der Waals surface area contributed by atoms with Crippen LogP contribution >= 0.6 is 41.9 Å². The van der Waals surface area contributed by atoms with Crippen LogP contribution in [0.3, 0.4) is 0 Å². The van der Waals surface area contributed by atoms with Gasteiger partial charge < -0.3 is 4.57 Å². The third kappa shape index (κ3) is 4.12. The van der Waals surface area contributed by atoms with Crippen LogP contribution in [0.1, 0.15) is 13.8 Å². The van der Waals surface area contributed by atoms with Crippen molar-refractivity contribution in [1.29, 1.82) is 0 Å². The molecule has 0 unspecified atom stereocenters. The summed E-state index contributed by atoms with van der Waals surface area (Å²) in [5.41, 5.74) is 3.18. The van der Waals surface area contributed by atoms with Crippen LogP contribution in [-0.2, 0) is 14.4 Å². The van der Waals surface area contributed by atoms with Gasteiger partial charge in [-0.25, -0.2) is 8.42 Å². The zero-order valence-corrected chi connectivity index (χ0v) is 18.0. The number of hydrogen-bond acceptors (Lipinski definition) is 3. The Labute approximate surface area is 168 Å². The highest BCUT2D eigenvalue weighted by Crippen LogP contribution is 2.57. The molecule has 26 heavy (non-hydrogen) atoms. The van der Waals surface area contributed by atoms with Crippen molar-refractivity contribution in [2.24, 2.45) is 0 Å². The number of halogens is 3. The molecule has 3 nitrogen and oxygen atoms in total. The summed E-state index contributed by atoms with van der Waals surface area (Å²) in [6.45, 7) is 3.27. The summed E-state index contributed by atoms with van der Waals surface area (Å²) in [5.74, 6) is 0. The first-order valence-electron chi connectivity index (χ1n) is 7.48. The summed E-state index contributed by atoms with van der Waals surface area (Å²) in [7, 11) is -8.43. The molecule has 2 aromatic carbocycles. The Balaban J connectivity index is 3.01. The van der Waals surface area contributed by atoms with E-state index in [-0.39, 0.29) is 0 Å². The molecule has 0 bridgehead atoms. The van der Waals surface area contributed by atoms with Crippen molar-refractivity contribution in [1.82, 2.24) is 0 Å². The van der Waals surface area contributed by atoms with E-state index >= 15 is 0 Å². The first-order valence-corrected chi connectivity index (χ1v) is 11.8. The second-order valence-electron chi connectivity index (χ2n) is 5.66. The summed E-state index contributed by atoms with van der Waals surface area (Å²) in [5, 5.41) is 0.626. The Kier molecular flexibility index (Phi) is 6.51. The van der Waals surface area contributed by atoms with Crippen molar-refractivity contribution in [3.05, 3.63) is 76.6 Å². The van der Waals surface area contributed by atoms with Crippen molar-refractivity contribution in [3.8, 4) is 0 Å². The molecule has 0 saturated carbocycles. The quantitative estimate of drug-likeness (QED) is 0.368. The fourth-order valence-electron chi connectivity index (χ4n) is 2.30. The van der Waals surface area contributed by atoms with E-state index < -0.39 is 24.7 Å². The average molecular weight is 450 g/mol. The zero-order chi connectivity index (χ0) is 19.6. The first kappa shape index (κ1) is 21.3. The van der Waals surface area contributed by atoms with E-state index in [9.17, 15) is 13.0 Å². The smallest absolute Gasteiger partial charge is 0.297 e. The van der Waals surface area contributed by atoms with Gasteiger partial charge in [0, 0.05) is 10.6 Å². The molecule has 0 amide bonds. The van der Waals surface area contributed by atoms with Crippen LogP contribution in [0.4, 0.5) is 0 Å². The molecular weight excluding hydrogens is 434 g/mol. The Morgan fingerprint density at radius 3 is 1.58 bits per heavy atom. The number of alkyl halides is 3. The zero-order valence-electron chi connectivity index (χ0n) is 14.0. The van der Waals surface area contributed by atoms with Gasteiger partial charge in [0.05, 0.1) is 0 Å². The van der Waals surface area contributed by atoms with Crippen LogP contribution in [0.15, 0.2) is 76.6 Å². The maximum atomic E-state index is 14.3. The van der Waals surface area contributed by atoms with Crippen molar-refractivity contribution in [2.45, 2.75) is 17.0 Å². The molecule has 0 N–H and O–H groups in total. The van der Waals surface area contributed by atoms with E-state index in [1.807, 2.05) is 0 Å². The fourth-order valence-corrected chi connectivity index (χ4v) is 8.76. The van der Waals surface area contributed by atoms with Crippen LogP contribution < -0.4 is 10.6 Å². The van der Waals surface area contributed by atoms with E-state index in [2.05, 4.69) is 5.73 Å². The predicted molar refractivity (Wildman–Crippen MR) is 111 cm³/mol. The lowest BCUT2D eigenvalue weighted by Crippen LogP contribution is -2.27. The van der Waals surface area contributed by atoms with Gasteiger partial charge in [0.1, 0.15) is 0 Å². The van der Waals surface area contributed by atoms with Gasteiger partial charge in [-0.15, -0.1) is 0 Å². The number of sulfone groups is 1. The molecule has 0 aliphatic rings. The third-order valence-electron chi connectivity index (χ3n) is 3.44. The Bertz CT molecular complexity index is 957. The lowest BCUT2D eigenvalue weighted by atomic mass is 10.4. The minimum atomic E-state index is -4.57. The van der Waals surface area contributed by atoms with Crippen molar-refractivity contribution in [2.75, 3.05) is 0 Å². The molecule has 0 aliphatic heterocycles. The second kappa shape index (κ2) is 7.94. The highest BCUT2D eigenvalue weighted by atomic mass is 35.6. The summed E-state index contributed by atoms with van der Waals surface area (Å²) < 4.78 is 37.1. The van der Waals surface area contributed by atoms with E-state index in [0.717, 1.165) is 0 Å². The second-order valence-corrected chi connectivity index (χ2v) is 13.6. The molecule has 138 valence electrons. The number of allylic oxidation sites excluding steroid dienone is 1. The molecule has 0 aromatic heterocycles.